The van der Waals surface area contributed by atoms with Crippen molar-refractivity contribution in [1.82, 2.24) is 0 Å². The number of carbonyl (C=O) groups excluding carboxylic acids is 1. The van der Waals surface area contributed by atoms with Gasteiger partial charge in [-0.1, -0.05) is 34.6 Å². The van der Waals surface area contributed by atoms with Crippen LogP contribution >= 0.6 is 0 Å². The van der Waals surface area contributed by atoms with Crippen molar-refractivity contribution in [3.8, 4) is 11.5 Å². The molecule has 3 rings (SSSR count). The van der Waals surface area contributed by atoms with E-state index in [2.05, 4.69) is 34.6 Å². The van der Waals surface area contributed by atoms with E-state index in [-0.39, 0.29) is 16.7 Å². The summed E-state index contributed by atoms with van der Waals surface area (Å²) in [5.41, 5.74) is 2.76. The number of methoxy groups -OCH3 is 1. The summed E-state index contributed by atoms with van der Waals surface area (Å²) >= 11 is 0. The summed E-state index contributed by atoms with van der Waals surface area (Å²) in [6, 6.07) is 1.89. The van der Waals surface area contributed by atoms with Crippen LogP contribution in [0.5, 0.6) is 11.5 Å². The molecule has 24 heavy (non-hydrogen) atoms. The molecule has 0 aliphatic heterocycles. The van der Waals surface area contributed by atoms with Gasteiger partial charge in [-0.25, -0.2) is 0 Å². The molecular weight excluding hydrogens is 300 g/mol. The second-order valence-electron chi connectivity index (χ2n) is 8.68. The highest BCUT2D eigenvalue weighted by molar-refractivity contribution is 5.86. The molecule has 1 aromatic rings. The van der Waals surface area contributed by atoms with Gasteiger partial charge < -0.3 is 9.84 Å². The number of carbonyl (C=O) groups is 1. The number of benzene rings is 1. The van der Waals surface area contributed by atoms with Crippen LogP contribution in [0.3, 0.4) is 0 Å². The molecule has 0 bridgehead atoms. The topological polar surface area (TPSA) is 46.5 Å². The number of hydrogen-bond acceptors (Lipinski definition) is 3. The first-order chi connectivity index (χ1) is 11.1. The van der Waals surface area contributed by atoms with E-state index >= 15 is 0 Å². The SMILES string of the molecule is COc1c(C(C)C)cc(O)c2c1CC[C@H]1C(C)(C)C(=O)CC[C@@]21C. The number of ether oxygens (including phenoxy) is 1. The lowest BCUT2D eigenvalue weighted by Gasteiger charge is -2.53. The summed E-state index contributed by atoms with van der Waals surface area (Å²) in [6.45, 7) is 10.6. The average molecular weight is 330 g/mol. The lowest BCUT2D eigenvalue weighted by atomic mass is 9.49. The lowest BCUT2D eigenvalue weighted by Crippen LogP contribution is -2.52. The molecule has 2 atom stereocenters. The van der Waals surface area contributed by atoms with Crippen molar-refractivity contribution in [2.45, 2.75) is 71.6 Å². The van der Waals surface area contributed by atoms with Gasteiger partial charge in [-0.05, 0) is 37.2 Å². The van der Waals surface area contributed by atoms with E-state index in [9.17, 15) is 9.90 Å². The summed E-state index contributed by atoms with van der Waals surface area (Å²) in [5.74, 6) is 2.24. The Morgan fingerprint density at radius 2 is 1.92 bits per heavy atom. The van der Waals surface area contributed by atoms with Crippen LogP contribution in [-0.2, 0) is 16.6 Å². The fourth-order valence-electron chi connectivity index (χ4n) is 5.40. The number of hydrogen-bond donors (Lipinski definition) is 1. The van der Waals surface area contributed by atoms with E-state index < -0.39 is 0 Å². The van der Waals surface area contributed by atoms with Gasteiger partial charge in [0.05, 0.1) is 7.11 Å². The highest BCUT2D eigenvalue weighted by Gasteiger charge is 2.55. The fourth-order valence-corrected chi connectivity index (χ4v) is 5.40. The number of phenols is 1. The predicted molar refractivity (Wildman–Crippen MR) is 95.9 cm³/mol. The van der Waals surface area contributed by atoms with Gasteiger partial charge in [0.15, 0.2) is 0 Å². The van der Waals surface area contributed by atoms with Gasteiger partial charge in [0.2, 0.25) is 0 Å². The number of aromatic hydroxyl groups is 1. The number of rotatable bonds is 2. The van der Waals surface area contributed by atoms with Crippen molar-refractivity contribution >= 4 is 5.78 Å². The Bertz CT molecular complexity index is 687. The van der Waals surface area contributed by atoms with Gasteiger partial charge in [0.1, 0.15) is 17.3 Å². The smallest absolute Gasteiger partial charge is 0.138 e. The standard InChI is InChI=1S/C21H30O3/c1-12(2)14-11-15(22)18-13(19(14)24-6)7-8-16-20(3,4)17(23)9-10-21(16,18)5/h11-12,16,22H,7-10H2,1-6H3/t16-,21+/m0/s1. The average Bonchev–Trinajstić information content (AvgIpc) is 2.50. The molecule has 0 radical (unpaired) electrons. The first kappa shape index (κ1) is 17.3. The van der Waals surface area contributed by atoms with Crippen LogP contribution in [0.25, 0.3) is 0 Å². The van der Waals surface area contributed by atoms with Crippen LogP contribution in [-0.4, -0.2) is 18.0 Å². The number of fused-ring (bicyclic) bond motifs is 3. The van der Waals surface area contributed by atoms with Crippen molar-refractivity contribution in [2.75, 3.05) is 7.11 Å². The van der Waals surface area contributed by atoms with Gasteiger partial charge in [-0.3, -0.25) is 4.79 Å². The Labute approximate surface area is 145 Å². The van der Waals surface area contributed by atoms with Gasteiger partial charge >= 0.3 is 0 Å². The molecule has 3 heteroatoms. The van der Waals surface area contributed by atoms with Gasteiger partial charge in [-0.2, -0.15) is 0 Å². The minimum Gasteiger partial charge on any atom is -0.508 e. The van der Waals surface area contributed by atoms with Crippen LogP contribution in [0, 0.1) is 11.3 Å². The molecule has 1 fully saturated rings. The van der Waals surface area contributed by atoms with Crippen molar-refractivity contribution in [1.29, 1.82) is 0 Å². The molecular formula is C21H30O3. The van der Waals surface area contributed by atoms with Crippen molar-refractivity contribution in [3.05, 3.63) is 22.8 Å². The predicted octanol–water partition coefficient (Wildman–Crippen LogP) is 4.73. The third-order valence-corrected chi connectivity index (χ3v) is 6.70. The zero-order chi connectivity index (χ0) is 17.9. The molecule has 1 saturated carbocycles. The van der Waals surface area contributed by atoms with E-state index in [1.54, 1.807) is 7.11 Å². The van der Waals surface area contributed by atoms with Crippen LogP contribution in [0.4, 0.5) is 0 Å². The maximum absolute atomic E-state index is 12.5. The molecule has 0 saturated heterocycles. The normalized spacial score (nSPS) is 28.5. The fraction of sp³-hybridized carbons (Fsp3) is 0.667. The molecule has 1 N–H and O–H groups in total. The molecule has 0 unspecified atom stereocenters. The summed E-state index contributed by atoms with van der Waals surface area (Å²) in [7, 11) is 1.72. The van der Waals surface area contributed by atoms with E-state index in [1.807, 2.05) is 6.07 Å². The van der Waals surface area contributed by atoms with Crippen molar-refractivity contribution in [3.63, 3.8) is 0 Å². The molecule has 0 amide bonds. The zero-order valence-corrected chi connectivity index (χ0v) is 15.8. The third-order valence-electron chi connectivity index (χ3n) is 6.70. The summed E-state index contributed by atoms with van der Waals surface area (Å²) in [4.78, 5) is 12.5. The Balaban J connectivity index is 2.24. The molecule has 1 aromatic carbocycles. The van der Waals surface area contributed by atoms with Crippen molar-refractivity contribution in [2.24, 2.45) is 11.3 Å². The Morgan fingerprint density at radius 1 is 1.25 bits per heavy atom. The highest BCUT2D eigenvalue weighted by atomic mass is 16.5. The van der Waals surface area contributed by atoms with E-state index in [0.29, 0.717) is 23.9 Å². The van der Waals surface area contributed by atoms with Crippen LogP contribution in [0.1, 0.15) is 76.5 Å². The van der Waals surface area contributed by atoms with Gasteiger partial charge in [0, 0.05) is 33.9 Å². The van der Waals surface area contributed by atoms with E-state index in [0.717, 1.165) is 41.7 Å². The van der Waals surface area contributed by atoms with E-state index in [1.165, 1.54) is 0 Å². The lowest BCUT2D eigenvalue weighted by molar-refractivity contribution is -0.137. The molecule has 2 aliphatic carbocycles. The minimum atomic E-state index is -0.332. The number of phenolic OH excluding ortho intramolecular Hbond substituents is 1. The van der Waals surface area contributed by atoms with Crippen LogP contribution in [0.2, 0.25) is 0 Å². The maximum Gasteiger partial charge on any atom is 0.138 e. The monoisotopic (exact) mass is 330 g/mol. The number of Topliss-reactive ketones (excluding diaryl/α,β-unsaturated/α-hetero) is 1. The minimum absolute atomic E-state index is 0.169. The Morgan fingerprint density at radius 3 is 2.50 bits per heavy atom. The molecule has 132 valence electrons. The van der Waals surface area contributed by atoms with Crippen molar-refractivity contribution < 1.29 is 14.6 Å². The zero-order valence-electron chi connectivity index (χ0n) is 15.8. The Hall–Kier alpha value is -1.51. The second kappa shape index (κ2) is 5.50. The maximum atomic E-state index is 12.5. The van der Waals surface area contributed by atoms with Crippen LogP contribution in [0.15, 0.2) is 6.07 Å². The molecule has 3 nitrogen and oxygen atoms in total. The first-order valence-electron chi connectivity index (χ1n) is 9.11. The quantitative estimate of drug-likeness (QED) is 0.852. The largest absolute Gasteiger partial charge is 0.508 e. The molecule has 0 spiro atoms. The Kier molecular flexibility index (Phi) is 3.97. The molecule has 2 aliphatic rings. The van der Waals surface area contributed by atoms with Crippen LogP contribution < -0.4 is 4.74 Å². The summed E-state index contributed by atoms with van der Waals surface area (Å²) in [5, 5.41) is 10.9. The van der Waals surface area contributed by atoms with Gasteiger partial charge in [-0.15, -0.1) is 0 Å². The van der Waals surface area contributed by atoms with E-state index in [4.69, 9.17) is 4.74 Å². The highest BCUT2D eigenvalue weighted by Crippen LogP contribution is 2.59. The summed E-state index contributed by atoms with van der Waals surface area (Å²) < 4.78 is 5.78. The first-order valence-corrected chi connectivity index (χ1v) is 9.11. The third kappa shape index (κ3) is 2.20. The molecule has 0 heterocycles. The summed E-state index contributed by atoms with van der Waals surface area (Å²) in [6.07, 6.45) is 3.24. The molecule has 0 aromatic heterocycles. The number of ketones is 1. The second-order valence-corrected chi connectivity index (χ2v) is 8.68. The van der Waals surface area contributed by atoms with Gasteiger partial charge in [0.25, 0.3) is 0 Å².